The van der Waals surface area contributed by atoms with E-state index in [1.54, 1.807) is 44.6 Å². The van der Waals surface area contributed by atoms with Gasteiger partial charge in [-0.3, -0.25) is 0 Å². The third-order valence-electron chi connectivity index (χ3n) is 6.16. The van der Waals surface area contributed by atoms with Crippen molar-refractivity contribution in [2.24, 2.45) is 12.5 Å². The molecule has 0 radical (unpaired) electrons. The molecule has 0 unspecified atom stereocenters. The van der Waals surface area contributed by atoms with Gasteiger partial charge in [-0.1, -0.05) is 69.3 Å². The molecule has 4 heteroatoms. The Morgan fingerprint density at radius 3 is 2.49 bits per heavy atom. The molecule has 0 aliphatic rings. The second-order valence-corrected chi connectivity index (χ2v) is 9.99. The lowest BCUT2D eigenvalue weighted by Gasteiger charge is -2.18. The predicted molar refractivity (Wildman–Crippen MR) is 140 cm³/mol. The summed E-state index contributed by atoms with van der Waals surface area (Å²) in [5.74, 6) is -0.595. The monoisotopic (exact) mass is 465 g/mol. The van der Waals surface area contributed by atoms with E-state index in [1.165, 1.54) is 6.07 Å². The largest absolute Gasteiger partial charge is 0.456 e. The van der Waals surface area contributed by atoms with Crippen molar-refractivity contribution in [1.29, 1.82) is 0 Å². The zero-order valence-corrected chi connectivity index (χ0v) is 20.5. The van der Waals surface area contributed by atoms with Crippen molar-refractivity contribution < 1.29 is 16.1 Å². The van der Waals surface area contributed by atoms with Gasteiger partial charge in [0.15, 0.2) is 11.9 Å². The number of fused-ring (bicyclic) bond motifs is 3. The minimum Gasteiger partial charge on any atom is -0.456 e. The Labute approximate surface area is 208 Å². The minimum atomic E-state index is -1.86. The first-order chi connectivity index (χ1) is 17.4. The van der Waals surface area contributed by atoms with Gasteiger partial charge in [-0.2, -0.15) is 0 Å². The summed E-state index contributed by atoms with van der Waals surface area (Å²) in [6, 6.07) is 18.9. The molecule has 2 aromatic heterocycles. The van der Waals surface area contributed by atoms with E-state index in [9.17, 15) is 0 Å². The van der Waals surface area contributed by atoms with Gasteiger partial charge < -0.3 is 4.42 Å². The molecule has 5 aromatic rings. The molecule has 5 rings (SSSR count). The maximum absolute atomic E-state index is 15.5. The van der Waals surface area contributed by atoms with Crippen LogP contribution in [-0.4, -0.2) is 0 Å². The highest BCUT2D eigenvalue weighted by atomic mass is 19.1. The van der Waals surface area contributed by atoms with Gasteiger partial charge >= 0.3 is 0 Å². The first-order valence-corrected chi connectivity index (χ1v) is 11.6. The lowest BCUT2D eigenvalue weighted by Crippen LogP contribution is -2.33. The molecule has 0 fully saturated rings. The maximum atomic E-state index is 15.5. The Morgan fingerprint density at radius 2 is 1.80 bits per heavy atom. The number of rotatable bonds is 3. The van der Waals surface area contributed by atoms with Gasteiger partial charge in [0, 0.05) is 19.6 Å². The topological polar surface area (TPSA) is 21.4 Å². The molecule has 0 amide bonds. The highest BCUT2D eigenvalue weighted by Gasteiger charge is 2.25. The molecule has 0 aliphatic heterocycles. The van der Waals surface area contributed by atoms with E-state index in [-0.39, 0.29) is 5.56 Å². The van der Waals surface area contributed by atoms with E-state index in [0.717, 1.165) is 33.0 Å². The molecule has 0 bridgehead atoms. The van der Waals surface area contributed by atoms with Gasteiger partial charge in [-0.05, 0) is 41.5 Å². The number of aromatic nitrogens is 1. The summed E-state index contributed by atoms with van der Waals surface area (Å²) in [6.45, 7) is 15.0. The van der Waals surface area contributed by atoms with Crippen LogP contribution in [0, 0.1) is 24.7 Å². The first kappa shape index (κ1) is 20.4. The quantitative estimate of drug-likeness (QED) is 0.194. The van der Waals surface area contributed by atoms with Crippen LogP contribution in [0.15, 0.2) is 71.3 Å². The highest BCUT2D eigenvalue weighted by molar-refractivity contribution is 6.12. The van der Waals surface area contributed by atoms with Gasteiger partial charge in [-0.15, -0.1) is 0 Å². The van der Waals surface area contributed by atoms with Crippen LogP contribution in [0.3, 0.4) is 0 Å². The fourth-order valence-corrected chi connectivity index (χ4v) is 4.60. The van der Waals surface area contributed by atoms with Gasteiger partial charge in [0.2, 0.25) is 5.69 Å². The third kappa shape index (κ3) is 4.08. The maximum Gasteiger partial charge on any atom is 0.219 e. The van der Waals surface area contributed by atoms with Gasteiger partial charge in [0.05, 0.1) is 17.7 Å². The molecule has 0 atom stereocenters. The summed E-state index contributed by atoms with van der Waals surface area (Å²) in [5, 5.41) is 1.75. The van der Waals surface area contributed by atoms with Crippen LogP contribution in [0.5, 0.6) is 0 Å². The summed E-state index contributed by atoms with van der Waals surface area (Å²) in [4.78, 5) is 3.74. The fourth-order valence-electron chi connectivity index (χ4n) is 4.60. The van der Waals surface area contributed by atoms with Crippen LogP contribution in [0.4, 0.5) is 10.1 Å². The van der Waals surface area contributed by atoms with E-state index in [2.05, 4.69) is 4.85 Å². The molecular weight excluding hydrogens is 435 g/mol. The second kappa shape index (κ2) is 8.36. The zero-order chi connectivity index (χ0) is 26.7. The molecule has 3 aromatic carbocycles. The average molecular weight is 466 g/mol. The van der Waals surface area contributed by atoms with Crippen molar-refractivity contribution in [3.8, 4) is 22.4 Å². The van der Waals surface area contributed by atoms with Crippen LogP contribution in [-0.2, 0) is 13.4 Å². The number of furan rings is 1. The van der Waals surface area contributed by atoms with Crippen molar-refractivity contribution in [3.05, 3.63) is 95.2 Å². The Hall–Kier alpha value is -3.97. The zero-order valence-electron chi connectivity index (χ0n) is 22.5. The third-order valence-corrected chi connectivity index (χ3v) is 6.16. The van der Waals surface area contributed by atoms with Crippen molar-refractivity contribution in [2.45, 2.75) is 34.1 Å². The smallest absolute Gasteiger partial charge is 0.219 e. The standard InChI is InChI=1S/C31H28FN2O/c1-19-12-13-22-24-14-23(20-10-8-7-9-11-20)26(33-5)16-28(24)35-30(22)29(19)27-15-25(32)21(18-34(27)6)17-31(2,3)4/h7-16,18H,17H2,1-4,6H3/q+1/i17D2. The van der Waals surface area contributed by atoms with Gasteiger partial charge in [-0.25, -0.2) is 13.8 Å². The number of halogens is 1. The summed E-state index contributed by atoms with van der Waals surface area (Å²) in [6.07, 6.45) is -0.320. The second-order valence-electron chi connectivity index (χ2n) is 9.99. The van der Waals surface area contributed by atoms with Crippen molar-refractivity contribution in [1.82, 2.24) is 0 Å². The van der Waals surface area contributed by atoms with Gasteiger partial charge in [0.1, 0.15) is 24.0 Å². The van der Waals surface area contributed by atoms with E-state index in [1.807, 2.05) is 55.5 Å². The van der Waals surface area contributed by atoms with E-state index >= 15 is 4.39 Å². The van der Waals surface area contributed by atoms with Crippen LogP contribution in [0.2, 0.25) is 0 Å². The molecule has 35 heavy (non-hydrogen) atoms. The summed E-state index contributed by atoms with van der Waals surface area (Å²) < 4.78 is 40.8. The first-order valence-electron chi connectivity index (χ1n) is 12.6. The fraction of sp³-hybridized carbons (Fsp3) is 0.226. The highest BCUT2D eigenvalue weighted by Crippen LogP contribution is 2.42. The summed E-state index contributed by atoms with van der Waals surface area (Å²) in [7, 11) is 1.79. The van der Waals surface area contributed by atoms with Crippen molar-refractivity contribution >= 4 is 27.6 Å². The van der Waals surface area contributed by atoms with E-state index in [0.29, 0.717) is 22.5 Å². The van der Waals surface area contributed by atoms with Crippen molar-refractivity contribution in [3.63, 3.8) is 0 Å². The predicted octanol–water partition coefficient (Wildman–Crippen LogP) is 8.33. The van der Waals surface area contributed by atoms with Crippen LogP contribution < -0.4 is 4.57 Å². The van der Waals surface area contributed by atoms with E-state index < -0.39 is 17.6 Å². The molecule has 0 aliphatic carbocycles. The average Bonchev–Trinajstić information content (AvgIpc) is 3.21. The van der Waals surface area contributed by atoms with Gasteiger partial charge in [0.25, 0.3) is 0 Å². The number of hydrogen-bond donors (Lipinski definition) is 0. The van der Waals surface area contributed by atoms with Crippen LogP contribution in [0.25, 0.3) is 49.2 Å². The normalized spacial score (nSPS) is 13.1. The summed E-state index contributed by atoms with van der Waals surface area (Å²) in [5.41, 5.74) is 4.96. The Bertz CT molecular complexity index is 1720. The molecule has 0 spiro atoms. The summed E-state index contributed by atoms with van der Waals surface area (Å²) >= 11 is 0. The number of hydrogen-bond acceptors (Lipinski definition) is 1. The lowest BCUT2D eigenvalue weighted by atomic mass is 9.88. The molecule has 0 saturated heterocycles. The number of aryl methyl sites for hydroxylation is 2. The molecule has 0 saturated carbocycles. The molecule has 2 heterocycles. The van der Waals surface area contributed by atoms with Crippen LogP contribution in [0.1, 0.15) is 34.6 Å². The Kier molecular flexibility index (Phi) is 4.87. The number of nitrogens with zero attached hydrogens (tertiary/aromatic N) is 2. The number of pyridine rings is 1. The Balaban J connectivity index is 1.77. The molecule has 3 nitrogen and oxygen atoms in total. The Morgan fingerprint density at radius 1 is 1.06 bits per heavy atom. The number of benzene rings is 3. The SMILES string of the molecule is [2H]C([2H])(c1c[n+](C)c(-c2c(C)ccc3c2oc2cc([N+]#[C-])c(-c4ccccc4)cc23)cc1F)C(C)(C)C. The molecule has 0 N–H and O–H groups in total. The van der Waals surface area contributed by atoms with Crippen LogP contribution >= 0.6 is 0 Å². The molecule has 174 valence electrons. The lowest BCUT2D eigenvalue weighted by molar-refractivity contribution is -0.661. The van der Waals surface area contributed by atoms with E-state index in [4.69, 9.17) is 13.7 Å². The van der Waals surface area contributed by atoms with Crippen molar-refractivity contribution in [2.75, 3.05) is 0 Å². The minimum absolute atomic E-state index is 0.0230. The molecular formula is C31H28FN2O+.